The van der Waals surface area contributed by atoms with Crippen molar-refractivity contribution in [2.75, 3.05) is 76.1 Å². The molecular formula is C45H65N2O19P. The van der Waals surface area contributed by atoms with Crippen molar-refractivity contribution in [3.05, 3.63) is 53.1 Å². The Kier molecular flexibility index (Phi) is 28.0. The zero-order valence-electron chi connectivity index (χ0n) is 39.1. The molecule has 67 heavy (non-hydrogen) atoms. The molecular weight excluding hydrogens is 903 g/mol. The lowest BCUT2D eigenvalue weighted by Gasteiger charge is -2.23. The first kappa shape index (κ1) is 57.3. The van der Waals surface area contributed by atoms with Crippen molar-refractivity contribution in [3.8, 4) is 51.7 Å². The van der Waals surface area contributed by atoms with Crippen LogP contribution >= 0.6 is 9.47 Å². The van der Waals surface area contributed by atoms with Gasteiger partial charge in [0.2, 0.25) is 0 Å². The van der Waals surface area contributed by atoms with E-state index in [4.69, 9.17) is 72.2 Å². The van der Waals surface area contributed by atoms with E-state index < -0.39 is 17.9 Å². The summed E-state index contributed by atoms with van der Waals surface area (Å²) in [6.07, 6.45) is 4.87. The Balaban J connectivity index is 0.000000350. The third-order valence-electron chi connectivity index (χ3n) is 9.37. The van der Waals surface area contributed by atoms with Gasteiger partial charge < -0.3 is 62.7 Å². The van der Waals surface area contributed by atoms with Crippen LogP contribution in [0.15, 0.2) is 36.4 Å². The van der Waals surface area contributed by atoms with Crippen LogP contribution in [0.2, 0.25) is 0 Å². The maximum absolute atomic E-state index is 10.9. The number of hydrogen-bond acceptors (Lipinski definition) is 18. The van der Waals surface area contributed by atoms with Gasteiger partial charge in [-0.25, -0.2) is 0 Å². The number of aldehydes is 1. The summed E-state index contributed by atoms with van der Waals surface area (Å²) in [7, 11) is 13.1. The molecule has 0 aromatic heterocycles. The van der Waals surface area contributed by atoms with Gasteiger partial charge in [0.1, 0.15) is 51.7 Å². The van der Waals surface area contributed by atoms with E-state index >= 15 is 0 Å². The van der Waals surface area contributed by atoms with Gasteiger partial charge in [0.15, 0.2) is 12.6 Å². The molecule has 2 unspecified atom stereocenters. The first-order valence-electron chi connectivity index (χ1n) is 21.1. The second-order valence-electron chi connectivity index (χ2n) is 14.1. The molecule has 4 rings (SSSR count). The van der Waals surface area contributed by atoms with Crippen molar-refractivity contribution in [3.63, 3.8) is 0 Å². The van der Waals surface area contributed by atoms with Gasteiger partial charge in [0.25, 0.3) is 0 Å². The number of methoxy groups -OCH3 is 6. The molecule has 0 bridgehead atoms. The van der Waals surface area contributed by atoms with Gasteiger partial charge in [-0.3, -0.25) is 28.6 Å². The lowest BCUT2D eigenvalue weighted by molar-refractivity contribution is -0.198. The van der Waals surface area contributed by atoms with Gasteiger partial charge in [0, 0.05) is 85.2 Å². The van der Waals surface area contributed by atoms with E-state index in [2.05, 4.69) is 14.9 Å². The number of carboxylic acids is 3. The van der Waals surface area contributed by atoms with E-state index in [0.29, 0.717) is 116 Å². The average Bonchev–Trinajstić information content (AvgIpc) is 3.33. The molecule has 1 aliphatic rings. The van der Waals surface area contributed by atoms with Gasteiger partial charge in [-0.1, -0.05) is 0 Å². The van der Waals surface area contributed by atoms with Crippen molar-refractivity contribution < 1.29 is 91.3 Å². The Labute approximate surface area is 392 Å². The van der Waals surface area contributed by atoms with Crippen molar-refractivity contribution in [2.24, 2.45) is 0 Å². The Morgan fingerprint density at radius 2 is 1.04 bits per heavy atom. The smallest absolute Gasteiger partial charge is 0.303 e. The number of hydrogen-bond donors (Lipinski definition) is 4. The van der Waals surface area contributed by atoms with E-state index in [-0.39, 0.29) is 32.2 Å². The largest absolute Gasteiger partial charge is 0.496 e. The molecule has 3 aromatic carbocycles. The summed E-state index contributed by atoms with van der Waals surface area (Å²) >= 11 is 0. The predicted octanol–water partition coefficient (Wildman–Crippen LogP) is 6.36. The van der Waals surface area contributed by atoms with Gasteiger partial charge >= 0.3 is 17.9 Å². The minimum atomic E-state index is -0.866. The minimum absolute atomic E-state index is 0.0424. The van der Waals surface area contributed by atoms with Gasteiger partial charge in [-0.05, 0) is 32.1 Å². The Morgan fingerprint density at radius 3 is 1.37 bits per heavy atom. The number of nitrogens with zero attached hydrogens (tertiary/aromatic N) is 1. The Hall–Kier alpha value is -5.83. The molecule has 0 aliphatic carbocycles. The molecule has 3 aromatic rings. The number of aliphatic carboxylic acids is 3. The molecule has 0 amide bonds. The number of carbonyl (C=O) groups is 4. The van der Waals surface area contributed by atoms with Crippen LogP contribution < -0.4 is 48.1 Å². The summed E-state index contributed by atoms with van der Waals surface area (Å²) < 4.78 is 58.9. The summed E-state index contributed by atoms with van der Waals surface area (Å²) in [6, 6.07) is 10.1. The van der Waals surface area contributed by atoms with Crippen molar-refractivity contribution in [1.82, 2.24) is 10.5 Å². The van der Waals surface area contributed by atoms with Crippen LogP contribution in [0.5, 0.6) is 51.7 Å². The fraction of sp³-hybridized carbons (Fsp3) is 0.511. The number of carboxylic acid groups (broad SMARTS) is 3. The Bertz CT molecular complexity index is 1890. The van der Waals surface area contributed by atoms with E-state index in [0.717, 1.165) is 30.4 Å². The molecule has 0 radical (unpaired) electrons. The quantitative estimate of drug-likeness (QED) is 0.0256. The first-order chi connectivity index (χ1) is 32.3. The van der Waals surface area contributed by atoms with E-state index in [9.17, 15) is 19.2 Å². The topological polar surface area (TPSA) is 255 Å². The number of benzene rings is 3. The number of ether oxygens (including phenoxy) is 10. The van der Waals surface area contributed by atoms with Crippen molar-refractivity contribution in [1.29, 1.82) is 0 Å². The predicted molar refractivity (Wildman–Crippen MR) is 245 cm³/mol. The lowest BCUT2D eigenvalue weighted by Crippen LogP contribution is -2.29. The summed E-state index contributed by atoms with van der Waals surface area (Å²) in [6.45, 7) is 2.44. The monoisotopic (exact) mass is 968 g/mol. The highest BCUT2D eigenvalue weighted by atomic mass is 31.0. The van der Waals surface area contributed by atoms with Crippen LogP contribution in [0.3, 0.4) is 0 Å². The van der Waals surface area contributed by atoms with Crippen LogP contribution in [0, 0.1) is 0 Å². The standard InChI is InChI=1S/C18H27NO7.C14H22NO6P.C13H16O6/c1-22-15-10-13(24-9-5-6-17(20)21)11-16(23-2)14(15)12-19-26-18-7-3-4-8-25-18;1-15(21-22)9-11-12(18-2)7-10(8-13(11)19-3)20-6-4-5-14(16)17;1-17-11-6-9(19-5-3-4-13(15)16)7-12(18-2)10(11)8-14/h10-11,18-19H,3-9,12H2,1-2H3,(H,20,21);7-8H,4-6,9,22H2,1-3H3,(H,16,17);6-8H,3-5H2,1-2H3,(H,15,16). The van der Waals surface area contributed by atoms with Crippen LogP contribution in [-0.4, -0.2) is 127 Å². The Morgan fingerprint density at radius 1 is 0.657 bits per heavy atom. The normalized spacial score (nSPS) is 12.8. The minimum Gasteiger partial charge on any atom is -0.496 e. The molecule has 1 heterocycles. The molecule has 374 valence electrons. The number of hydroxylamine groups is 3. The van der Waals surface area contributed by atoms with Gasteiger partial charge in [0.05, 0.1) is 92.3 Å². The van der Waals surface area contributed by atoms with Crippen LogP contribution in [0.1, 0.15) is 79.3 Å². The fourth-order valence-electron chi connectivity index (χ4n) is 6.04. The second kappa shape index (κ2) is 32.8. The highest BCUT2D eigenvalue weighted by molar-refractivity contribution is 7.09. The molecule has 22 heteroatoms. The molecule has 21 nitrogen and oxygen atoms in total. The summed E-state index contributed by atoms with van der Waals surface area (Å²) in [4.78, 5) is 47.9. The molecule has 1 aliphatic heterocycles. The number of rotatable bonds is 29. The van der Waals surface area contributed by atoms with Crippen LogP contribution in [-0.2, 0) is 41.7 Å². The van der Waals surface area contributed by atoms with E-state index in [1.54, 1.807) is 76.9 Å². The number of carbonyl (C=O) groups excluding carboxylic acids is 1. The zero-order valence-corrected chi connectivity index (χ0v) is 40.3. The summed E-state index contributed by atoms with van der Waals surface area (Å²) in [5.74, 6) is 2.16. The zero-order chi connectivity index (χ0) is 49.6. The van der Waals surface area contributed by atoms with Gasteiger partial charge in [-0.2, -0.15) is 10.5 Å². The maximum Gasteiger partial charge on any atom is 0.303 e. The summed E-state index contributed by atoms with van der Waals surface area (Å²) in [5.41, 5.74) is 4.84. The van der Waals surface area contributed by atoms with E-state index in [1.807, 2.05) is 0 Å². The number of nitrogens with one attached hydrogen (secondary N) is 1. The molecule has 0 spiro atoms. The van der Waals surface area contributed by atoms with Crippen molar-refractivity contribution in [2.45, 2.75) is 77.2 Å². The third-order valence-corrected chi connectivity index (χ3v) is 9.73. The second-order valence-corrected chi connectivity index (χ2v) is 14.3. The highest BCUT2D eigenvalue weighted by Crippen LogP contribution is 2.36. The molecule has 2 atom stereocenters. The molecule has 1 fully saturated rings. The SMILES string of the molecule is COc1cc(OCCCC(=O)O)cc(OC)c1C=O.COc1cc(OCCCC(=O)O)cc(OC)c1CN(C)OP.COc1cc(OCCCC(=O)O)cc(OC)c1CNOC1CCCCO1. The van der Waals surface area contributed by atoms with Gasteiger partial charge in [-0.15, -0.1) is 0 Å². The first-order valence-corrected chi connectivity index (χ1v) is 21.6. The summed E-state index contributed by atoms with van der Waals surface area (Å²) in [5, 5.41) is 27.4. The average molecular weight is 969 g/mol. The highest BCUT2D eigenvalue weighted by Gasteiger charge is 2.19. The molecule has 4 N–H and O–H groups in total. The fourth-order valence-corrected chi connectivity index (χ4v) is 6.12. The lowest BCUT2D eigenvalue weighted by atomic mass is 10.1. The third kappa shape index (κ3) is 21.6. The molecule has 1 saturated heterocycles. The maximum atomic E-state index is 10.9. The van der Waals surface area contributed by atoms with E-state index in [1.165, 1.54) is 14.2 Å². The van der Waals surface area contributed by atoms with Crippen molar-refractivity contribution >= 4 is 33.7 Å². The molecule has 0 saturated carbocycles. The van der Waals surface area contributed by atoms with Crippen LogP contribution in [0.25, 0.3) is 0 Å². The van der Waals surface area contributed by atoms with Crippen LogP contribution in [0.4, 0.5) is 0 Å².